The number of hydrogen-bond donors (Lipinski definition) is 0. The molecule has 7 nitrogen and oxygen atoms in total. The summed E-state index contributed by atoms with van der Waals surface area (Å²) in [6.45, 7) is 2.09. The fraction of sp³-hybridized carbons (Fsp3) is 0.200. The van der Waals surface area contributed by atoms with Crippen LogP contribution in [0.15, 0.2) is 48.5 Å². The average Bonchev–Trinajstić information content (AvgIpc) is 3.25. The minimum atomic E-state index is -0.625. The van der Waals surface area contributed by atoms with Gasteiger partial charge < -0.3 is 4.74 Å². The van der Waals surface area contributed by atoms with Crippen LogP contribution >= 0.6 is 0 Å². The zero-order chi connectivity index (χ0) is 19.0. The first kappa shape index (κ1) is 17.0. The summed E-state index contributed by atoms with van der Waals surface area (Å²) < 4.78 is 6.80. The lowest BCUT2D eigenvalue weighted by Gasteiger charge is -2.18. The molecule has 2 heterocycles. The van der Waals surface area contributed by atoms with Crippen molar-refractivity contribution in [3.63, 3.8) is 0 Å². The molecule has 0 bridgehead atoms. The van der Waals surface area contributed by atoms with Crippen molar-refractivity contribution in [1.29, 1.82) is 0 Å². The van der Waals surface area contributed by atoms with Crippen LogP contribution in [-0.4, -0.2) is 38.5 Å². The molecule has 2 amide bonds. The highest BCUT2D eigenvalue weighted by Crippen LogP contribution is 2.28. The van der Waals surface area contributed by atoms with Gasteiger partial charge in [0.05, 0.1) is 5.52 Å². The topological polar surface area (TPSA) is 77.3 Å². The van der Waals surface area contributed by atoms with Gasteiger partial charge >= 0.3 is 6.09 Å². The van der Waals surface area contributed by atoms with Crippen molar-refractivity contribution in [2.45, 2.75) is 13.0 Å². The highest BCUT2D eigenvalue weighted by Gasteiger charge is 2.37. The Labute approximate surface area is 155 Å². The van der Waals surface area contributed by atoms with Gasteiger partial charge in [0.25, 0.3) is 5.91 Å². The Kier molecular flexibility index (Phi) is 4.19. The number of amides is 2. The summed E-state index contributed by atoms with van der Waals surface area (Å²) in [6.07, 6.45) is 2.46. The lowest BCUT2D eigenvalue weighted by Crippen LogP contribution is -2.32. The Balaban J connectivity index is 1.61. The third-order valence-corrected chi connectivity index (χ3v) is 4.78. The summed E-state index contributed by atoms with van der Waals surface area (Å²) >= 11 is 0. The van der Waals surface area contributed by atoms with Gasteiger partial charge in [-0.1, -0.05) is 41.6 Å². The number of imide groups is 1. The number of benzene rings is 2. The molecule has 7 heteroatoms. The zero-order valence-corrected chi connectivity index (χ0v) is 15.0. The van der Waals surface area contributed by atoms with Crippen LogP contribution in [0.4, 0.5) is 4.79 Å². The van der Waals surface area contributed by atoms with Gasteiger partial charge in [0.2, 0.25) is 0 Å². The number of hydrogen-bond acceptors (Lipinski definition) is 5. The molecule has 0 N–H and O–H groups in total. The number of fused-ring (bicyclic) bond motifs is 1. The predicted octanol–water partition coefficient (Wildman–Crippen LogP) is 3.01. The number of carbonyl (C=O) groups is 2. The number of rotatable bonds is 3. The maximum Gasteiger partial charge on any atom is 0.417 e. The number of ether oxygens (including phenoxy) is 1. The number of carbonyl (C=O) groups excluding carboxylic acids is 2. The van der Waals surface area contributed by atoms with E-state index in [-0.39, 0.29) is 6.61 Å². The summed E-state index contributed by atoms with van der Waals surface area (Å²) in [5.41, 5.74) is 4.34. The van der Waals surface area contributed by atoms with E-state index in [0.717, 1.165) is 32.6 Å². The molecule has 0 unspecified atom stereocenters. The molecule has 136 valence electrons. The molecular weight excluding hydrogens is 344 g/mol. The fourth-order valence-electron chi connectivity index (χ4n) is 3.26. The Morgan fingerprint density at radius 3 is 2.78 bits per heavy atom. The summed E-state index contributed by atoms with van der Waals surface area (Å²) in [5, 5.41) is 8.17. The van der Waals surface area contributed by atoms with Gasteiger partial charge in [0.1, 0.15) is 18.2 Å². The molecule has 27 heavy (non-hydrogen) atoms. The summed E-state index contributed by atoms with van der Waals surface area (Å²) in [5.74, 6) is -0.412. The maximum absolute atomic E-state index is 12.7. The van der Waals surface area contributed by atoms with E-state index >= 15 is 0 Å². The summed E-state index contributed by atoms with van der Waals surface area (Å²) in [7, 11) is 1.83. The molecule has 0 radical (unpaired) electrons. The second-order valence-electron chi connectivity index (χ2n) is 6.41. The molecule has 1 aliphatic heterocycles. The van der Waals surface area contributed by atoms with E-state index in [9.17, 15) is 9.59 Å². The molecule has 1 aromatic heterocycles. The molecule has 1 atom stereocenters. The SMILES string of the molecule is Cc1c(/C=C/C(=O)N2C(=O)OC[C@H]2c2ccccc2)ccc2c1nnn2C. The normalized spacial score (nSPS) is 17.0. The monoisotopic (exact) mass is 362 g/mol. The Hall–Kier alpha value is -3.48. The fourth-order valence-corrected chi connectivity index (χ4v) is 3.26. The first-order chi connectivity index (χ1) is 13.1. The second kappa shape index (κ2) is 6.68. The molecule has 0 saturated carbocycles. The van der Waals surface area contributed by atoms with E-state index in [2.05, 4.69) is 10.3 Å². The molecule has 1 aliphatic rings. The van der Waals surface area contributed by atoms with E-state index in [1.165, 1.54) is 6.08 Å². The van der Waals surface area contributed by atoms with Crippen LogP contribution < -0.4 is 0 Å². The summed E-state index contributed by atoms with van der Waals surface area (Å²) in [4.78, 5) is 25.9. The number of cyclic esters (lactones) is 1. The standard InChI is InChI=1S/C20H18N4O3/c1-13-14(8-10-16-19(13)21-22-23(16)2)9-11-18(25)24-17(12-27-20(24)26)15-6-4-3-5-7-15/h3-11,17H,12H2,1-2H3/b11-9+/t17-/m0/s1. The minimum absolute atomic E-state index is 0.160. The maximum atomic E-state index is 12.7. The highest BCUT2D eigenvalue weighted by molar-refractivity contribution is 6.02. The number of aryl methyl sites for hydroxylation is 2. The van der Waals surface area contributed by atoms with Gasteiger partial charge in [0.15, 0.2) is 0 Å². The van der Waals surface area contributed by atoms with Crippen LogP contribution in [0.5, 0.6) is 0 Å². The Bertz CT molecular complexity index is 1060. The predicted molar refractivity (Wildman–Crippen MR) is 99.7 cm³/mol. The van der Waals surface area contributed by atoms with Crippen LogP contribution in [0, 0.1) is 6.92 Å². The Morgan fingerprint density at radius 1 is 1.22 bits per heavy atom. The van der Waals surface area contributed by atoms with Crippen LogP contribution in [0.1, 0.15) is 22.7 Å². The van der Waals surface area contributed by atoms with Crippen LogP contribution in [0.25, 0.3) is 17.1 Å². The quantitative estimate of drug-likeness (QED) is 0.670. The molecule has 0 spiro atoms. The molecule has 3 aromatic rings. The third-order valence-electron chi connectivity index (χ3n) is 4.78. The van der Waals surface area contributed by atoms with Crippen LogP contribution in [0.2, 0.25) is 0 Å². The van der Waals surface area contributed by atoms with E-state index in [4.69, 9.17) is 4.74 Å². The zero-order valence-electron chi connectivity index (χ0n) is 15.0. The second-order valence-corrected chi connectivity index (χ2v) is 6.41. The van der Waals surface area contributed by atoms with Crippen molar-refractivity contribution in [1.82, 2.24) is 19.9 Å². The molecule has 4 rings (SSSR count). The van der Waals surface area contributed by atoms with Gasteiger partial charge in [-0.25, -0.2) is 14.4 Å². The van der Waals surface area contributed by atoms with Gasteiger partial charge in [-0.3, -0.25) is 4.79 Å². The number of nitrogens with zero attached hydrogens (tertiary/aromatic N) is 4. The van der Waals surface area contributed by atoms with Crippen molar-refractivity contribution < 1.29 is 14.3 Å². The Morgan fingerprint density at radius 2 is 2.00 bits per heavy atom. The minimum Gasteiger partial charge on any atom is -0.446 e. The first-order valence-electron chi connectivity index (χ1n) is 8.58. The van der Waals surface area contributed by atoms with Crippen molar-refractivity contribution in [3.05, 3.63) is 65.2 Å². The van der Waals surface area contributed by atoms with Gasteiger partial charge in [-0.05, 0) is 35.8 Å². The molecule has 2 aromatic carbocycles. The first-order valence-corrected chi connectivity index (χ1v) is 8.58. The van der Waals surface area contributed by atoms with Gasteiger partial charge in [-0.15, -0.1) is 5.10 Å². The van der Waals surface area contributed by atoms with Crippen molar-refractivity contribution in [3.8, 4) is 0 Å². The van der Waals surface area contributed by atoms with Crippen molar-refractivity contribution in [2.75, 3.05) is 6.61 Å². The van der Waals surface area contributed by atoms with Gasteiger partial charge in [0, 0.05) is 13.1 Å². The van der Waals surface area contributed by atoms with Crippen LogP contribution in [-0.2, 0) is 16.6 Å². The lowest BCUT2D eigenvalue weighted by atomic mass is 10.1. The van der Waals surface area contributed by atoms with Crippen molar-refractivity contribution >= 4 is 29.1 Å². The van der Waals surface area contributed by atoms with E-state index in [1.807, 2.05) is 56.4 Å². The largest absolute Gasteiger partial charge is 0.446 e. The van der Waals surface area contributed by atoms with Crippen molar-refractivity contribution in [2.24, 2.45) is 7.05 Å². The third kappa shape index (κ3) is 2.97. The summed E-state index contributed by atoms with van der Waals surface area (Å²) in [6, 6.07) is 12.8. The van der Waals surface area contributed by atoms with Gasteiger partial charge in [-0.2, -0.15) is 0 Å². The van der Waals surface area contributed by atoms with E-state index < -0.39 is 18.0 Å². The van der Waals surface area contributed by atoms with Crippen LogP contribution in [0.3, 0.4) is 0 Å². The van der Waals surface area contributed by atoms with E-state index in [0.29, 0.717) is 0 Å². The molecule has 1 fully saturated rings. The highest BCUT2D eigenvalue weighted by atomic mass is 16.6. The molecule has 0 aliphatic carbocycles. The average molecular weight is 362 g/mol. The smallest absolute Gasteiger partial charge is 0.417 e. The lowest BCUT2D eigenvalue weighted by molar-refractivity contribution is -0.124. The molecule has 1 saturated heterocycles. The van der Waals surface area contributed by atoms with E-state index in [1.54, 1.807) is 10.8 Å². The number of aromatic nitrogens is 3. The molecular formula is C20H18N4O3.